The van der Waals surface area contributed by atoms with Crippen molar-refractivity contribution in [1.29, 1.82) is 0 Å². The molecule has 0 saturated carbocycles. The lowest BCUT2D eigenvalue weighted by Gasteiger charge is -2.17. The SMILES string of the molecule is CC[C@H](NC(=O)COc1ccc(Br)cc1Cl)c1ccccc1. The van der Waals surface area contributed by atoms with Crippen LogP contribution in [-0.4, -0.2) is 12.5 Å². The first-order valence-electron chi connectivity index (χ1n) is 7.02. The Morgan fingerprint density at radius 1 is 1.27 bits per heavy atom. The lowest BCUT2D eigenvalue weighted by molar-refractivity contribution is -0.123. The highest BCUT2D eigenvalue weighted by Crippen LogP contribution is 2.27. The predicted octanol–water partition coefficient (Wildman–Crippen LogP) is 4.75. The van der Waals surface area contributed by atoms with E-state index >= 15 is 0 Å². The molecule has 0 aliphatic rings. The number of halogens is 2. The first-order valence-corrected chi connectivity index (χ1v) is 8.19. The summed E-state index contributed by atoms with van der Waals surface area (Å²) in [5.41, 5.74) is 1.08. The summed E-state index contributed by atoms with van der Waals surface area (Å²) in [6.07, 6.45) is 0.814. The fourth-order valence-electron chi connectivity index (χ4n) is 2.08. The van der Waals surface area contributed by atoms with Gasteiger partial charge in [-0.2, -0.15) is 0 Å². The van der Waals surface area contributed by atoms with E-state index in [4.69, 9.17) is 16.3 Å². The molecule has 5 heteroatoms. The van der Waals surface area contributed by atoms with Crippen molar-refractivity contribution in [3.05, 3.63) is 63.6 Å². The van der Waals surface area contributed by atoms with E-state index in [0.717, 1.165) is 16.5 Å². The second kappa shape index (κ2) is 8.20. The van der Waals surface area contributed by atoms with Crippen LogP contribution in [0.25, 0.3) is 0 Å². The predicted molar refractivity (Wildman–Crippen MR) is 92.3 cm³/mol. The molecular weight excluding hydrogens is 366 g/mol. The van der Waals surface area contributed by atoms with Crippen LogP contribution in [0.3, 0.4) is 0 Å². The van der Waals surface area contributed by atoms with Crippen LogP contribution in [-0.2, 0) is 4.79 Å². The van der Waals surface area contributed by atoms with Gasteiger partial charge >= 0.3 is 0 Å². The number of nitrogens with one attached hydrogen (secondary N) is 1. The van der Waals surface area contributed by atoms with Crippen LogP contribution in [0.15, 0.2) is 53.0 Å². The highest BCUT2D eigenvalue weighted by Gasteiger charge is 2.13. The van der Waals surface area contributed by atoms with Crippen LogP contribution in [0, 0.1) is 0 Å². The Morgan fingerprint density at radius 2 is 2.00 bits per heavy atom. The third-order valence-corrected chi connectivity index (χ3v) is 3.99. The Hall–Kier alpha value is -1.52. The van der Waals surface area contributed by atoms with E-state index in [2.05, 4.69) is 21.2 Å². The van der Waals surface area contributed by atoms with Gasteiger partial charge in [0.1, 0.15) is 5.75 Å². The normalized spacial score (nSPS) is 11.8. The van der Waals surface area contributed by atoms with Gasteiger partial charge in [-0.25, -0.2) is 0 Å². The summed E-state index contributed by atoms with van der Waals surface area (Å²) in [6.45, 7) is 1.97. The van der Waals surface area contributed by atoms with Crippen molar-refractivity contribution < 1.29 is 9.53 Å². The molecule has 116 valence electrons. The molecule has 0 unspecified atom stereocenters. The number of carbonyl (C=O) groups excluding carboxylic acids is 1. The first-order chi connectivity index (χ1) is 10.6. The van der Waals surface area contributed by atoms with Crippen LogP contribution in [0.4, 0.5) is 0 Å². The maximum absolute atomic E-state index is 12.0. The molecule has 1 N–H and O–H groups in total. The van der Waals surface area contributed by atoms with Crippen molar-refractivity contribution in [2.24, 2.45) is 0 Å². The van der Waals surface area contributed by atoms with E-state index in [0.29, 0.717) is 10.8 Å². The second-order valence-corrected chi connectivity index (χ2v) is 6.13. The van der Waals surface area contributed by atoms with Crippen LogP contribution >= 0.6 is 27.5 Å². The Labute approximate surface area is 143 Å². The van der Waals surface area contributed by atoms with Crippen molar-refractivity contribution in [1.82, 2.24) is 5.32 Å². The molecule has 0 bridgehead atoms. The maximum Gasteiger partial charge on any atom is 0.258 e. The van der Waals surface area contributed by atoms with Gasteiger partial charge in [-0.1, -0.05) is 64.8 Å². The highest BCUT2D eigenvalue weighted by molar-refractivity contribution is 9.10. The van der Waals surface area contributed by atoms with Crippen LogP contribution in [0.1, 0.15) is 24.9 Å². The topological polar surface area (TPSA) is 38.3 Å². The Morgan fingerprint density at radius 3 is 2.64 bits per heavy atom. The van der Waals surface area contributed by atoms with E-state index in [1.165, 1.54) is 0 Å². The van der Waals surface area contributed by atoms with E-state index in [1.54, 1.807) is 12.1 Å². The summed E-state index contributed by atoms with van der Waals surface area (Å²) in [6, 6.07) is 15.1. The fourth-order valence-corrected chi connectivity index (χ4v) is 2.81. The molecule has 0 saturated heterocycles. The molecule has 2 rings (SSSR count). The minimum atomic E-state index is -0.172. The number of hydrogen-bond acceptors (Lipinski definition) is 2. The van der Waals surface area contributed by atoms with Crippen molar-refractivity contribution >= 4 is 33.4 Å². The largest absolute Gasteiger partial charge is 0.482 e. The van der Waals surface area contributed by atoms with Crippen LogP contribution in [0.2, 0.25) is 5.02 Å². The third kappa shape index (κ3) is 4.75. The zero-order chi connectivity index (χ0) is 15.9. The standard InChI is InChI=1S/C17H17BrClNO2/c1-2-15(12-6-4-3-5-7-12)20-17(21)11-22-16-9-8-13(18)10-14(16)19/h3-10,15H,2,11H2,1H3,(H,20,21)/t15-/m0/s1. The number of hydrogen-bond donors (Lipinski definition) is 1. The molecular formula is C17H17BrClNO2. The molecule has 2 aromatic carbocycles. The molecule has 0 spiro atoms. The van der Waals surface area contributed by atoms with Crippen molar-refractivity contribution in [3.8, 4) is 5.75 Å². The summed E-state index contributed by atoms with van der Waals surface area (Å²) < 4.78 is 6.34. The molecule has 0 radical (unpaired) electrons. The lowest BCUT2D eigenvalue weighted by Crippen LogP contribution is -2.32. The average molecular weight is 383 g/mol. The van der Waals surface area contributed by atoms with Crippen molar-refractivity contribution in [2.45, 2.75) is 19.4 Å². The summed E-state index contributed by atoms with van der Waals surface area (Å²) in [5, 5.41) is 3.44. The van der Waals surface area contributed by atoms with Gasteiger partial charge < -0.3 is 10.1 Å². The zero-order valence-corrected chi connectivity index (χ0v) is 14.5. The summed E-state index contributed by atoms with van der Waals surface area (Å²) in [4.78, 5) is 12.0. The van der Waals surface area contributed by atoms with Gasteiger partial charge in [0.05, 0.1) is 11.1 Å². The number of ether oxygens (including phenoxy) is 1. The van der Waals surface area contributed by atoms with E-state index in [9.17, 15) is 4.79 Å². The maximum atomic E-state index is 12.0. The second-order valence-electron chi connectivity index (χ2n) is 4.80. The minimum Gasteiger partial charge on any atom is -0.482 e. The molecule has 22 heavy (non-hydrogen) atoms. The van der Waals surface area contributed by atoms with Crippen LogP contribution in [0.5, 0.6) is 5.75 Å². The number of benzene rings is 2. The van der Waals surface area contributed by atoms with Gasteiger partial charge in [0.2, 0.25) is 0 Å². The Balaban J connectivity index is 1.92. The smallest absolute Gasteiger partial charge is 0.258 e. The van der Waals surface area contributed by atoms with Gasteiger partial charge in [0, 0.05) is 4.47 Å². The van der Waals surface area contributed by atoms with E-state index in [-0.39, 0.29) is 18.6 Å². The van der Waals surface area contributed by atoms with Crippen molar-refractivity contribution in [3.63, 3.8) is 0 Å². The molecule has 0 aliphatic heterocycles. The van der Waals surface area contributed by atoms with Crippen LogP contribution < -0.4 is 10.1 Å². The van der Waals surface area contributed by atoms with Gasteiger partial charge in [0.25, 0.3) is 5.91 Å². The van der Waals surface area contributed by atoms with Gasteiger partial charge in [0.15, 0.2) is 6.61 Å². The molecule has 0 aromatic heterocycles. The molecule has 0 heterocycles. The minimum absolute atomic E-state index is 0.0160. The monoisotopic (exact) mass is 381 g/mol. The van der Waals surface area contributed by atoms with Crippen molar-refractivity contribution in [2.75, 3.05) is 6.61 Å². The molecule has 0 fully saturated rings. The molecule has 2 aromatic rings. The van der Waals surface area contributed by atoms with Gasteiger partial charge in [-0.15, -0.1) is 0 Å². The quantitative estimate of drug-likeness (QED) is 0.783. The number of rotatable bonds is 6. The van der Waals surface area contributed by atoms with Gasteiger partial charge in [-0.05, 0) is 30.2 Å². The molecule has 3 nitrogen and oxygen atoms in total. The zero-order valence-electron chi connectivity index (χ0n) is 12.2. The Bertz CT molecular complexity index is 634. The molecule has 0 aliphatic carbocycles. The average Bonchev–Trinajstić information content (AvgIpc) is 2.52. The third-order valence-electron chi connectivity index (χ3n) is 3.20. The summed E-state index contributed by atoms with van der Waals surface area (Å²) in [5.74, 6) is 0.322. The highest BCUT2D eigenvalue weighted by atomic mass is 79.9. The molecule has 1 atom stereocenters. The molecule has 1 amide bonds. The first kappa shape index (κ1) is 16.8. The van der Waals surface area contributed by atoms with E-state index < -0.39 is 0 Å². The fraction of sp³-hybridized carbons (Fsp3) is 0.235. The lowest BCUT2D eigenvalue weighted by atomic mass is 10.0. The number of amides is 1. The number of carbonyl (C=O) groups is 1. The Kier molecular flexibility index (Phi) is 6.28. The summed E-state index contributed by atoms with van der Waals surface area (Å²) >= 11 is 9.38. The van der Waals surface area contributed by atoms with E-state index in [1.807, 2.05) is 43.3 Å². The van der Waals surface area contributed by atoms with Gasteiger partial charge in [-0.3, -0.25) is 4.79 Å². The summed E-state index contributed by atoms with van der Waals surface area (Å²) in [7, 11) is 0.